The van der Waals surface area contributed by atoms with Crippen LogP contribution in [0.3, 0.4) is 0 Å². The van der Waals surface area contributed by atoms with Crippen molar-refractivity contribution in [3.63, 3.8) is 0 Å². The van der Waals surface area contributed by atoms with Crippen LogP contribution in [0.4, 0.5) is 11.8 Å². The Labute approximate surface area is 158 Å². The van der Waals surface area contributed by atoms with E-state index in [0.29, 0.717) is 12.5 Å². The molecule has 27 heavy (non-hydrogen) atoms. The largest absolute Gasteiger partial charge is 0.364 e. The van der Waals surface area contributed by atoms with Crippen LogP contribution in [-0.4, -0.2) is 26.5 Å². The lowest BCUT2D eigenvalue weighted by Crippen LogP contribution is -2.10. The van der Waals surface area contributed by atoms with Crippen LogP contribution in [0.5, 0.6) is 0 Å². The number of aromatic amines is 1. The van der Waals surface area contributed by atoms with E-state index < -0.39 is 0 Å². The first-order valence-electron chi connectivity index (χ1n) is 9.06. The van der Waals surface area contributed by atoms with E-state index in [2.05, 4.69) is 55.0 Å². The second-order valence-electron chi connectivity index (χ2n) is 6.43. The van der Waals surface area contributed by atoms with Crippen LogP contribution in [0.2, 0.25) is 0 Å². The lowest BCUT2D eigenvalue weighted by atomic mass is 10.1. The van der Waals surface area contributed by atoms with E-state index in [1.165, 1.54) is 16.5 Å². The first kappa shape index (κ1) is 17.0. The lowest BCUT2D eigenvalue weighted by molar-refractivity contribution is 0.968. The molecule has 6 nitrogen and oxygen atoms in total. The van der Waals surface area contributed by atoms with E-state index in [0.717, 1.165) is 30.2 Å². The van der Waals surface area contributed by atoms with Crippen LogP contribution >= 0.6 is 0 Å². The summed E-state index contributed by atoms with van der Waals surface area (Å²) in [6, 6.07) is 16.2. The van der Waals surface area contributed by atoms with Gasteiger partial charge in [-0.05, 0) is 37.1 Å². The number of anilines is 2. The van der Waals surface area contributed by atoms with Crippen molar-refractivity contribution in [2.24, 2.45) is 0 Å². The third-order valence-corrected chi connectivity index (χ3v) is 4.38. The van der Waals surface area contributed by atoms with Gasteiger partial charge in [0.25, 0.3) is 0 Å². The van der Waals surface area contributed by atoms with E-state index in [-0.39, 0.29) is 0 Å². The zero-order chi connectivity index (χ0) is 18.5. The smallest absolute Gasteiger partial charge is 0.224 e. The summed E-state index contributed by atoms with van der Waals surface area (Å²) in [5.74, 6) is 1.43. The second kappa shape index (κ2) is 7.86. The predicted molar refractivity (Wildman–Crippen MR) is 109 cm³/mol. The van der Waals surface area contributed by atoms with Gasteiger partial charge in [0, 0.05) is 41.6 Å². The summed E-state index contributed by atoms with van der Waals surface area (Å²) in [5.41, 5.74) is 4.35. The fourth-order valence-corrected chi connectivity index (χ4v) is 3.07. The Balaban J connectivity index is 1.38. The topological polar surface area (TPSA) is 78.5 Å². The molecular weight excluding hydrogens is 336 g/mol. The summed E-state index contributed by atoms with van der Waals surface area (Å²) in [6.45, 7) is 3.37. The molecule has 0 radical (unpaired) electrons. The SMILES string of the molecule is Cc1cc(NCc2ccccn2)nc(NCCc2c[nH]c3ccccc23)n1. The molecule has 0 spiro atoms. The van der Waals surface area contributed by atoms with E-state index in [4.69, 9.17) is 0 Å². The molecule has 0 amide bonds. The Bertz CT molecular complexity index is 1030. The number of aromatic nitrogens is 4. The minimum Gasteiger partial charge on any atom is -0.364 e. The van der Waals surface area contributed by atoms with Crippen molar-refractivity contribution < 1.29 is 0 Å². The van der Waals surface area contributed by atoms with Crippen LogP contribution in [-0.2, 0) is 13.0 Å². The van der Waals surface area contributed by atoms with Gasteiger partial charge >= 0.3 is 0 Å². The molecule has 0 aliphatic carbocycles. The predicted octanol–water partition coefficient (Wildman–Crippen LogP) is 3.93. The van der Waals surface area contributed by atoms with Crippen molar-refractivity contribution in [3.05, 3.63) is 77.9 Å². The van der Waals surface area contributed by atoms with Gasteiger partial charge in [0.15, 0.2) is 0 Å². The van der Waals surface area contributed by atoms with Gasteiger partial charge in [0.2, 0.25) is 5.95 Å². The molecule has 4 rings (SSSR count). The number of pyridine rings is 1. The Morgan fingerprint density at radius 2 is 1.89 bits per heavy atom. The van der Waals surface area contributed by atoms with E-state index in [9.17, 15) is 0 Å². The van der Waals surface area contributed by atoms with E-state index in [1.807, 2.05) is 37.3 Å². The van der Waals surface area contributed by atoms with Gasteiger partial charge in [0.1, 0.15) is 5.82 Å². The molecule has 3 N–H and O–H groups in total. The van der Waals surface area contributed by atoms with E-state index >= 15 is 0 Å². The first-order valence-corrected chi connectivity index (χ1v) is 9.06. The number of benzene rings is 1. The summed E-state index contributed by atoms with van der Waals surface area (Å²) >= 11 is 0. The molecule has 4 aromatic rings. The lowest BCUT2D eigenvalue weighted by Gasteiger charge is -2.09. The maximum atomic E-state index is 4.56. The van der Waals surface area contributed by atoms with Crippen molar-refractivity contribution >= 4 is 22.7 Å². The number of hydrogen-bond donors (Lipinski definition) is 3. The molecule has 3 heterocycles. The average Bonchev–Trinajstić information content (AvgIpc) is 3.10. The minimum absolute atomic E-state index is 0.631. The fourth-order valence-electron chi connectivity index (χ4n) is 3.07. The molecule has 0 fully saturated rings. The zero-order valence-corrected chi connectivity index (χ0v) is 15.2. The summed E-state index contributed by atoms with van der Waals surface area (Å²) < 4.78 is 0. The Morgan fingerprint density at radius 1 is 1.00 bits per heavy atom. The third-order valence-electron chi connectivity index (χ3n) is 4.38. The number of H-pyrrole nitrogens is 1. The van der Waals surface area contributed by atoms with Gasteiger partial charge in [-0.2, -0.15) is 4.98 Å². The third kappa shape index (κ3) is 4.23. The molecule has 3 aromatic heterocycles. The summed E-state index contributed by atoms with van der Waals surface area (Å²) in [6.07, 6.45) is 4.77. The minimum atomic E-state index is 0.631. The van der Waals surface area contributed by atoms with Gasteiger partial charge < -0.3 is 15.6 Å². The Hall–Kier alpha value is -3.41. The van der Waals surface area contributed by atoms with Gasteiger partial charge in [-0.3, -0.25) is 4.98 Å². The highest BCUT2D eigenvalue weighted by Gasteiger charge is 2.05. The van der Waals surface area contributed by atoms with Crippen molar-refractivity contribution in [2.45, 2.75) is 19.9 Å². The first-order chi connectivity index (χ1) is 13.3. The van der Waals surface area contributed by atoms with Crippen molar-refractivity contribution in [2.75, 3.05) is 17.2 Å². The number of fused-ring (bicyclic) bond motifs is 1. The van der Waals surface area contributed by atoms with Crippen molar-refractivity contribution in [3.8, 4) is 0 Å². The van der Waals surface area contributed by atoms with Crippen molar-refractivity contribution in [1.82, 2.24) is 19.9 Å². The molecule has 0 aliphatic rings. The van der Waals surface area contributed by atoms with Gasteiger partial charge in [-0.15, -0.1) is 0 Å². The molecular formula is C21H22N6. The van der Waals surface area contributed by atoms with Crippen LogP contribution in [0.1, 0.15) is 17.0 Å². The monoisotopic (exact) mass is 358 g/mol. The highest BCUT2D eigenvalue weighted by molar-refractivity contribution is 5.83. The Kier molecular flexibility index (Phi) is 4.96. The normalized spacial score (nSPS) is 10.9. The van der Waals surface area contributed by atoms with Crippen LogP contribution in [0.15, 0.2) is 60.9 Å². The van der Waals surface area contributed by atoms with Gasteiger partial charge in [-0.25, -0.2) is 4.98 Å². The van der Waals surface area contributed by atoms with Gasteiger partial charge in [0.05, 0.1) is 12.2 Å². The average molecular weight is 358 g/mol. The fraction of sp³-hybridized carbons (Fsp3) is 0.190. The zero-order valence-electron chi connectivity index (χ0n) is 15.2. The molecule has 0 saturated heterocycles. The molecule has 1 aromatic carbocycles. The van der Waals surface area contributed by atoms with Crippen LogP contribution in [0, 0.1) is 6.92 Å². The summed E-state index contributed by atoms with van der Waals surface area (Å²) in [5, 5.41) is 7.91. The number of nitrogens with one attached hydrogen (secondary N) is 3. The summed E-state index contributed by atoms with van der Waals surface area (Å²) in [4.78, 5) is 16.7. The molecule has 0 atom stereocenters. The number of rotatable bonds is 7. The standard InChI is InChI=1S/C21H22N6/c1-15-12-20(25-14-17-6-4-5-10-22-17)27-21(26-15)23-11-9-16-13-24-19-8-3-2-7-18(16)19/h2-8,10,12-13,24H,9,11,14H2,1H3,(H2,23,25,26,27). The molecule has 136 valence electrons. The van der Waals surface area contributed by atoms with E-state index in [1.54, 1.807) is 6.20 Å². The van der Waals surface area contributed by atoms with Crippen molar-refractivity contribution in [1.29, 1.82) is 0 Å². The number of aryl methyl sites for hydroxylation is 1. The Morgan fingerprint density at radius 3 is 2.78 bits per heavy atom. The summed E-state index contributed by atoms with van der Waals surface area (Å²) in [7, 11) is 0. The molecule has 6 heteroatoms. The maximum absolute atomic E-state index is 4.56. The van der Waals surface area contributed by atoms with Crippen LogP contribution in [0.25, 0.3) is 10.9 Å². The van der Waals surface area contributed by atoms with Crippen LogP contribution < -0.4 is 10.6 Å². The number of para-hydroxylation sites is 1. The maximum Gasteiger partial charge on any atom is 0.224 e. The quantitative estimate of drug-likeness (QED) is 0.466. The number of hydrogen-bond acceptors (Lipinski definition) is 5. The highest BCUT2D eigenvalue weighted by Crippen LogP contribution is 2.18. The second-order valence-corrected chi connectivity index (χ2v) is 6.43. The highest BCUT2D eigenvalue weighted by atomic mass is 15.1. The number of nitrogens with zero attached hydrogens (tertiary/aromatic N) is 3. The van der Waals surface area contributed by atoms with Gasteiger partial charge in [-0.1, -0.05) is 24.3 Å². The molecule has 0 unspecified atom stereocenters. The molecule has 0 bridgehead atoms. The molecule has 0 aliphatic heterocycles. The molecule has 0 saturated carbocycles.